The van der Waals surface area contributed by atoms with Crippen LogP contribution in [-0.2, 0) is 16.6 Å². The Kier molecular flexibility index (Phi) is 11.8. The van der Waals surface area contributed by atoms with Crippen molar-refractivity contribution < 1.29 is 9.59 Å². The Morgan fingerprint density at radius 2 is 1.95 bits per heavy atom. The molecular formula is C30H42N10O2. The summed E-state index contributed by atoms with van der Waals surface area (Å²) in [5.74, 6) is 7.00. The average molecular weight is 575 g/mol. The van der Waals surface area contributed by atoms with Crippen LogP contribution in [0.3, 0.4) is 0 Å². The molecule has 0 aliphatic carbocycles. The first-order valence-electron chi connectivity index (χ1n) is 14.1. The molecule has 0 saturated carbocycles. The summed E-state index contributed by atoms with van der Waals surface area (Å²) in [7, 11) is 7.35. The number of fused-ring (bicyclic) bond motifs is 1. The van der Waals surface area contributed by atoms with Gasteiger partial charge in [0.2, 0.25) is 17.8 Å². The van der Waals surface area contributed by atoms with Gasteiger partial charge in [-0.15, -0.1) is 0 Å². The Hall–Kier alpha value is -4.50. The maximum Gasteiger partial charge on any atom is 0.246 e. The quantitative estimate of drug-likeness (QED) is 0.160. The van der Waals surface area contributed by atoms with E-state index in [4.69, 9.17) is 0 Å². The summed E-state index contributed by atoms with van der Waals surface area (Å²) >= 11 is 0. The number of rotatable bonds is 13. The molecule has 0 spiro atoms. The maximum absolute atomic E-state index is 12.5. The van der Waals surface area contributed by atoms with Crippen LogP contribution >= 0.6 is 0 Å². The molecule has 1 atom stereocenters. The van der Waals surface area contributed by atoms with Crippen molar-refractivity contribution in [1.82, 2.24) is 39.8 Å². The van der Waals surface area contributed by atoms with Crippen molar-refractivity contribution in [2.45, 2.75) is 46.1 Å². The van der Waals surface area contributed by atoms with Crippen molar-refractivity contribution in [1.29, 1.82) is 0 Å². The van der Waals surface area contributed by atoms with E-state index in [-0.39, 0.29) is 11.8 Å². The van der Waals surface area contributed by atoms with Crippen LogP contribution in [0.25, 0.3) is 11.0 Å². The Labute approximate surface area is 248 Å². The lowest BCUT2D eigenvalue weighted by molar-refractivity contribution is -0.135. The number of aryl methyl sites for hydroxylation is 2. The van der Waals surface area contributed by atoms with Crippen LogP contribution < -0.4 is 16.0 Å². The molecule has 0 aliphatic heterocycles. The van der Waals surface area contributed by atoms with Crippen molar-refractivity contribution in [2.75, 3.05) is 51.4 Å². The highest BCUT2D eigenvalue weighted by Gasteiger charge is 2.20. The molecular weight excluding hydrogens is 532 g/mol. The second-order valence-corrected chi connectivity index (χ2v) is 10.3. The molecule has 3 aromatic rings. The number of aromatic nitrogens is 5. The van der Waals surface area contributed by atoms with Crippen molar-refractivity contribution in [2.24, 2.45) is 7.05 Å². The van der Waals surface area contributed by atoms with Gasteiger partial charge in [0.25, 0.3) is 0 Å². The van der Waals surface area contributed by atoms with E-state index in [2.05, 4.69) is 54.8 Å². The van der Waals surface area contributed by atoms with Gasteiger partial charge in [0.15, 0.2) is 5.65 Å². The maximum atomic E-state index is 12.5. The molecule has 3 rings (SSSR count). The summed E-state index contributed by atoms with van der Waals surface area (Å²) in [6.45, 7) is 7.62. The minimum atomic E-state index is -0.574. The van der Waals surface area contributed by atoms with Crippen LogP contribution in [0, 0.1) is 18.8 Å². The first kappa shape index (κ1) is 32.0. The summed E-state index contributed by atoms with van der Waals surface area (Å²) < 4.78 is 1.76. The highest BCUT2D eigenvalue weighted by molar-refractivity contribution is 5.92. The Bertz CT molecular complexity index is 1470. The standard InChI is InChI=1S/C30H42N10O2/c1-8-15-31-27-23(19-34-30(36-27)35-24-18-25-21(2)37-40(7)28(25)33-20-24)13-10-9-11-16-32-29(42)22(3)39(6)26(41)14-12-17-38(4)5/h12,14,18-20,22H,8-9,11,15-17H2,1-7H3,(H,32,42)(H2,31,34,35,36)/t22-/m0/s1. The van der Waals surface area contributed by atoms with E-state index in [0.717, 1.165) is 35.4 Å². The average Bonchev–Trinajstić information content (AvgIpc) is 3.25. The minimum Gasteiger partial charge on any atom is -0.369 e. The molecule has 0 radical (unpaired) electrons. The Balaban J connectivity index is 1.54. The van der Waals surface area contributed by atoms with E-state index < -0.39 is 6.04 Å². The monoisotopic (exact) mass is 574 g/mol. The lowest BCUT2D eigenvalue weighted by Crippen LogP contribution is -2.45. The van der Waals surface area contributed by atoms with Crippen molar-refractivity contribution in [3.05, 3.63) is 41.9 Å². The highest BCUT2D eigenvalue weighted by atomic mass is 16.2. The summed E-state index contributed by atoms with van der Waals surface area (Å²) in [5, 5.41) is 14.8. The third kappa shape index (κ3) is 9.01. The van der Waals surface area contributed by atoms with Crippen LogP contribution in [0.15, 0.2) is 30.6 Å². The van der Waals surface area contributed by atoms with Gasteiger partial charge in [-0.3, -0.25) is 14.3 Å². The van der Waals surface area contributed by atoms with Crippen LogP contribution in [0.2, 0.25) is 0 Å². The van der Waals surface area contributed by atoms with Gasteiger partial charge in [0.05, 0.1) is 29.3 Å². The number of likely N-dealkylation sites (N-methyl/N-ethyl adjacent to an activating group) is 2. The first-order valence-corrected chi connectivity index (χ1v) is 14.1. The van der Waals surface area contributed by atoms with Gasteiger partial charge in [0, 0.05) is 51.6 Å². The fraction of sp³-hybridized carbons (Fsp3) is 0.467. The second-order valence-electron chi connectivity index (χ2n) is 10.3. The SMILES string of the molecule is CCCNc1nc(Nc2cnc3c(c2)c(C)nn3C)ncc1C#CCCCNC(=O)[C@H](C)N(C)C(=O)C=CCN(C)C. The predicted molar refractivity (Wildman–Crippen MR) is 166 cm³/mol. The third-order valence-corrected chi connectivity index (χ3v) is 6.49. The zero-order valence-corrected chi connectivity index (χ0v) is 25.7. The van der Waals surface area contributed by atoms with Gasteiger partial charge >= 0.3 is 0 Å². The number of carbonyl (C=O) groups is 2. The van der Waals surface area contributed by atoms with Crippen LogP contribution in [-0.4, -0.2) is 93.2 Å². The largest absolute Gasteiger partial charge is 0.369 e. The van der Waals surface area contributed by atoms with Crippen LogP contribution in [0.1, 0.15) is 44.4 Å². The Morgan fingerprint density at radius 1 is 1.17 bits per heavy atom. The first-order chi connectivity index (χ1) is 20.1. The fourth-order valence-corrected chi connectivity index (χ4v) is 3.96. The topological polar surface area (TPSA) is 133 Å². The molecule has 2 amide bonds. The second kappa shape index (κ2) is 15.5. The third-order valence-electron chi connectivity index (χ3n) is 6.49. The smallest absolute Gasteiger partial charge is 0.246 e. The lowest BCUT2D eigenvalue weighted by atomic mass is 10.2. The molecule has 224 valence electrons. The highest BCUT2D eigenvalue weighted by Crippen LogP contribution is 2.22. The minimum absolute atomic E-state index is 0.199. The number of anilines is 3. The van der Waals surface area contributed by atoms with E-state index in [1.807, 2.05) is 39.0 Å². The summed E-state index contributed by atoms with van der Waals surface area (Å²) in [5.41, 5.74) is 3.19. The number of amides is 2. The number of carbonyl (C=O) groups excluding carboxylic acids is 2. The molecule has 3 N–H and O–H groups in total. The number of nitrogens with zero attached hydrogens (tertiary/aromatic N) is 7. The van der Waals surface area contributed by atoms with Crippen LogP contribution in [0.4, 0.5) is 17.5 Å². The zero-order chi connectivity index (χ0) is 30.6. The van der Waals surface area contributed by atoms with E-state index in [1.165, 1.54) is 11.0 Å². The van der Waals surface area contributed by atoms with E-state index in [1.54, 1.807) is 37.1 Å². The molecule has 12 nitrogen and oxygen atoms in total. The molecule has 0 aliphatic rings. The van der Waals surface area contributed by atoms with E-state index >= 15 is 0 Å². The van der Waals surface area contributed by atoms with Gasteiger partial charge in [-0.05, 0) is 46.9 Å². The predicted octanol–water partition coefficient (Wildman–Crippen LogP) is 2.84. The molecule has 3 aromatic heterocycles. The van der Waals surface area contributed by atoms with Gasteiger partial charge in [-0.1, -0.05) is 24.8 Å². The Morgan fingerprint density at radius 3 is 2.69 bits per heavy atom. The number of nitrogens with one attached hydrogen (secondary N) is 3. The molecule has 12 heteroatoms. The molecule has 0 fully saturated rings. The number of hydrogen-bond donors (Lipinski definition) is 3. The van der Waals surface area contributed by atoms with Crippen LogP contribution in [0.5, 0.6) is 0 Å². The number of hydrogen-bond acceptors (Lipinski definition) is 9. The summed E-state index contributed by atoms with van der Waals surface area (Å²) in [4.78, 5) is 41.8. The van der Waals surface area contributed by atoms with Gasteiger partial charge in [-0.2, -0.15) is 10.1 Å². The van der Waals surface area contributed by atoms with Gasteiger partial charge < -0.3 is 25.8 Å². The van der Waals surface area contributed by atoms with Crippen molar-refractivity contribution in [3.8, 4) is 11.8 Å². The molecule has 42 heavy (non-hydrogen) atoms. The van der Waals surface area contributed by atoms with E-state index in [9.17, 15) is 9.59 Å². The molecule has 0 bridgehead atoms. The lowest BCUT2D eigenvalue weighted by Gasteiger charge is -2.23. The number of pyridine rings is 1. The fourth-order valence-electron chi connectivity index (χ4n) is 3.96. The summed E-state index contributed by atoms with van der Waals surface area (Å²) in [6.07, 6.45) is 8.90. The van der Waals surface area contributed by atoms with Gasteiger partial charge in [0.1, 0.15) is 11.9 Å². The van der Waals surface area contributed by atoms with Gasteiger partial charge in [-0.25, -0.2) is 9.97 Å². The number of unbranched alkanes of at least 4 members (excludes halogenated alkanes) is 1. The van der Waals surface area contributed by atoms with Crippen molar-refractivity contribution in [3.63, 3.8) is 0 Å². The molecule has 3 heterocycles. The van der Waals surface area contributed by atoms with E-state index in [0.29, 0.717) is 43.3 Å². The molecule has 0 aromatic carbocycles. The normalized spacial score (nSPS) is 11.8. The summed E-state index contributed by atoms with van der Waals surface area (Å²) in [6, 6.07) is 1.41. The molecule has 0 unspecified atom stereocenters. The zero-order valence-electron chi connectivity index (χ0n) is 25.7. The molecule has 0 saturated heterocycles. The van der Waals surface area contributed by atoms with Crippen molar-refractivity contribution >= 4 is 40.3 Å².